The highest BCUT2D eigenvalue weighted by atomic mass is 32.1. The Bertz CT molecular complexity index is 982. The van der Waals surface area contributed by atoms with E-state index in [-0.39, 0.29) is 12.5 Å². The third-order valence-corrected chi connectivity index (χ3v) is 5.74. The zero-order valence-electron chi connectivity index (χ0n) is 15.9. The lowest BCUT2D eigenvalue weighted by Crippen LogP contribution is -2.50. The number of aromatic nitrogens is 2. The average Bonchev–Trinajstić information content (AvgIpc) is 3.12. The number of thiophene rings is 1. The summed E-state index contributed by atoms with van der Waals surface area (Å²) >= 11 is 1.67. The van der Waals surface area contributed by atoms with Gasteiger partial charge in [0.25, 0.3) is 5.91 Å². The van der Waals surface area contributed by atoms with Crippen molar-refractivity contribution in [1.82, 2.24) is 14.9 Å². The minimum absolute atomic E-state index is 0.00184. The van der Waals surface area contributed by atoms with E-state index in [1.165, 1.54) is 4.88 Å². The molecular formula is C20H22N4O3S. The van der Waals surface area contributed by atoms with Crippen molar-refractivity contribution in [2.45, 2.75) is 6.92 Å². The molecule has 1 aliphatic rings. The monoisotopic (exact) mass is 398 g/mol. The number of ether oxygens (including phenoxy) is 2. The maximum Gasteiger partial charge on any atom is 0.260 e. The summed E-state index contributed by atoms with van der Waals surface area (Å²) < 4.78 is 10.9. The van der Waals surface area contributed by atoms with Gasteiger partial charge in [-0.25, -0.2) is 9.97 Å². The molecule has 1 amide bonds. The second-order valence-corrected chi connectivity index (χ2v) is 7.82. The smallest absolute Gasteiger partial charge is 0.260 e. The van der Waals surface area contributed by atoms with Crippen molar-refractivity contribution >= 4 is 33.3 Å². The summed E-state index contributed by atoms with van der Waals surface area (Å²) in [7, 11) is 1.59. The molecule has 0 bridgehead atoms. The molecule has 4 rings (SSSR count). The van der Waals surface area contributed by atoms with Crippen LogP contribution < -0.4 is 14.4 Å². The van der Waals surface area contributed by atoms with Gasteiger partial charge in [0.2, 0.25) is 0 Å². The van der Waals surface area contributed by atoms with Crippen molar-refractivity contribution in [1.29, 1.82) is 0 Å². The van der Waals surface area contributed by atoms with E-state index in [9.17, 15) is 4.79 Å². The predicted molar refractivity (Wildman–Crippen MR) is 109 cm³/mol. The van der Waals surface area contributed by atoms with Crippen LogP contribution in [0.15, 0.2) is 36.7 Å². The van der Waals surface area contributed by atoms with E-state index >= 15 is 0 Å². The minimum Gasteiger partial charge on any atom is -0.493 e. The molecule has 0 unspecified atom stereocenters. The first-order valence-electron chi connectivity index (χ1n) is 9.15. The number of rotatable bonds is 5. The summed E-state index contributed by atoms with van der Waals surface area (Å²) in [5, 5.41) is 1.09. The van der Waals surface area contributed by atoms with Gasteiger partial charge in [-0.3, -0.25) is 4.79 Å². The van der Waals surface area contributed by atoms with Gasteiger partial charge < -0.3 is 19.3 Å². The first-order valence-corrected chi connectivity index (χ1v) is 9.97. The number of methoxy groups -OCH3 is 1. The summed E-state index contributed by atoms with van der Waals surface area (Å²) in [4.78, 5) is 27.7. The van der Waals surface area contributed by atoms with Gasteiger partial charge in [0.15, 0.2) is 18.1 Å². The van der Waals surface area contributed by atoms with Crippen molar-refractivity contribution in [3.8, 4) is 11.5 Å². The molecule has 8 heteroatoms. The van der Waals surface area contributed by atoms with Gasteiger partial charge in [0, 0.05) is 31.1 Å². The normalized spacial score (nSPS) is 14.4. The van der Waals surface area contributed by atoms with Crippen molar-refractivity contribution in [3.05, 3.63) is 41.5 Å². The fraction of sp³-hybridized carbons (Fsp3) is 0.350. The van der Waals surface area contributed by atoms with E-state index in [1.807, 2.05) is 23.1 Å². The number of hydrogen-bond acceptors (Lipinski definition) is 7. The van der Waals surface area contributed by atoms with Crippen LogP contribution in [0.25, 0.3) is 10.2 Å². The maximum atomic E-state index is 12.5. The summed E-state index contributed by atoms with van der Waals surface area (Å²) in [5.74, 6) is 2.13. The lowest BCUT2D eigenvalue weighted by Gasteiger charge is -2.35. The number of hydrogen-bond donors (Lipinski definition) is 0. The third kappa shape index (κ3) is 3.73. The lowest BCUT2D eigenvalue weighted by atomic mass is 10.2. The number of amides is 1. The van der Waals surface area contributed by atoms with E-state index in [4.69, 9.17) is 9.47 Å². The van der Waals surface area contributed by atoms with E-state index in [2.05, 4.69) is 27.9 Å². The molecule has 0 aliphatic carbocycles. The van der Waals surface area contributed by atoms with Crippen molar-refractivity contribution in [2.75, 3.05) is 44.8 Å². The van der Waals surface area contributed by atoms with Crippen molar-refractivity contribution < 1.29 is 14.3 Å². The topological polar surface area (TPSA) is 67.8 Å². The predicted octanol–water partition coefficient (Wildman–Crippen LogP) is 2.74. The van der Waals surface area contributed by atoms with Crippen LogP contribution in [-0.4, -0.2) is 60.7 Å². The number of benzene rings is 1. The Morgan fingerprint density at radius 3 is 2.64 bits per heavy atom. The highest BCUT2D eigenvalue weighted by Gasteiger charge is 2.24. The standard InChI is InChI=1S/C20H22N4O3S/c1-14-11-15-19(21-13-22-20(15)28-14)24-9-7-23(8-10-24)18(25)12-27-17-6-4-3-5-16(17)26-2/h3-6,11,13H,7-10,12H2,1-2H3. The van der Waals surface area contributed by atoms with Crippen LogP contribution in [0, 0.1) is 6.92 Å². The molecule has 0 radical (unpaired) electrons. The number of para-hydroxylation sites is 2. The highest BCUT2D eigenvalue weighted by Crippen LogP contribution is 2.30. The number of aryl methyl sites for hydroxylation is 1. The molecule has 3 heterocycles. The Hall–Kier alpha value is -2.87. The molecule has 0 N–H and O–H groups in total. The average molecular weight is 398 g/mol. The summed E-state index contributed by atoms with van der Waals surface area (Å²) in [6, 6.07) is 9.47. The Labute approximate surface area is 167 Å². The SMILES string of the molecule is COc1ccccc1OCC(=O)N1CCN(c2ncnc3sc(C)cc23)CC1. The zero-order chi connectivity index (χ0) is 19.5. The van der Waals surface area contributed by atoms with Crippen LogP contribution in [0.1, 0.15) is 4.88 Å². The fourth-order valence-corrected chi connectivity index (χ4v) is 4.19. The number of piperazine rings is 1. The van der Waals surface area contributed by atoms with E-state index in [0.717, 1.165) is 29.1 Å². The minimum atomic E-state index is -0.0234. The molecule has 28 heavy (non-hydrogen) atoms. The highest BCUT2D eigenvalue weighted by molar-refractivity contribution is 7.18. The molecule has 1 fully saturated rings. The quantitative estimate of drug-likeness (QED) is 0.658. The second-order valence-electron chi connectivity index (χ2n) is 6.58. The molecule has 7 nitrogen and oxygen atoms in total. The molecule has 2 aromatic heterocycles. The van der Waals surface area contributed by atoms with Crippen LogP contribution >= 0.6 is 11.3 Å². The van der Waals surface area contributed by atoms with Gasteiger partial charge in [0.05, 0.1) is 12.5 Å². The van der Waals surface area contributed by atoms with Gasteiger partial charge in [-0.2, -0.15) is 0 Å². The summed E-state index contributed by atoms with van der Waals surface area (Å²) in [6.45, 7) is 4.84. The second kappa shape index (κ2) is 8.02. The van der Waals surface area contributed by atoms with Gasteiger partial charge in [-0.05, 0) is 25.1 Å². The zero-order valence-corrected chi connectivity index (χ0v) is 16.7. The first-order chi connectivity index (χ1) is 13.7. The third-order valence-electron chi connectivity index (χ3n) is 4.78. The first kappa shape index (κ1) is 18.5. The summed E-state index contributed by atoms with van der Waals surface area (Å²) in [6.07, 6.45) is 1.62. The number of anilines is 1. The van der Waals surface area contributed by atoms with Gasteiger partial charge in [0.1, 0.15) is 17.0 Å². The lowest BCUT2D eigenvalue weighted by molar-refractivity contribution is -0.133. The van der Waals surface area contributed by atoms with Gasteiger partial charge in [-0.15, -0.1) is 11.3 Å². The molecule has 0 saturated carbocycles. The van der Waals surface area contributed by atoms with Crippen LogP contribution in [0.3, 0.4) is 0 Å². The Kier molecular flexibility index (Phi) is 5.29. The number of carbonyl (C=O) groups excluding carboxylic acids is 1. The summed E-state index contributed by atoms with van der Waals surface area (Å²) in [5.41, 5.74) is 0. The number of fused-ring (bicyclic) bond motifs is 1. The maximum absolute atomic E-state index is 12.5. The van der Waals surface area contributed by atoms with Crippen molar-refractivity contribution in [3.63, 3.8) is 0 Å². The number of nitrogens with zero attached hydrogens (tertiary/aromatic N) is 4. The largest absolute Gasteiger partial charge is 0.493 e. The number of carbonyl (C=O) groups is 1. The molecule has 0 spiro atoms. The van der Waals surface area contributed by atoms with E-state index in [0.29, 0.717) is 24.6 Å². The van der Waals surface area contributed by atoms with Crippen LogP contribution in [0.2, 0.25) is 0 Å². The Morgan fingerprint density at radius 2 is 1.89 bits per heavy atom. The fourth-order valence-electron chi connectivity index (χ4n) is 3.35. The van der Waals surface area contributed by atoms with Gasteiger partial charge in [-0.1, -0.05) is 12.1 Å². The van der Waals surface area contributed by atoms with Gasteiger partial charge >= 0.3 is 0 Å². The van der Waals surface area contributed by atoms with Crippen LogP contribution in [0.5, 0.6) is 11.5 Å². The van der Waals surface area contributed by atoms with Crippen molar-refractivity contribution in [2.24, 2.45) is 0 Å². The molecule has 1 aliphatic heterocycles. The van der Waals surface area contributed by atoms with E-state index < -0.39 is 0 Å². The Balaban J connectivity index is 1.36. The molecular weight excluding hydrogens is 376 g/mol. The van der Waals surface area contributed by atoms with E-state index in [1.54, 1.807) is 30.8 Å². The Morgan fingerprint density at radius 1 is 1.14 bits per heavy atom. The van der Waals surface area contributed by atoms with Crippen LogP contribution in [0.4, 0.5) is 5.82 Å². The molecule has 0 atom stereocenters. The van der Waals surface area contributed by atoms with Crippen LogP contribution in [-0.2, 0) is 4.79 Å². The molecule has 3 aromatic rings. The molecule has 1 aromatic carbocycles. The molecule has 146 valence electrons. The molecule has 1 saturated heterocycles.